The molecule has 0 atom stereocenters. The molecule has 0 radical (unpaired) electrons. The zero-order valence-electron chi connectivity index (χ0n) is 26.1. The molecule has 236 valence electrons. The fraction of sp³-hybridized carbons (Fsp3) is 0.294. The van der Waals surface area contributed by atoms with Gasteiger partial charge in [-0.3, -0.25) is 0 Å². The van der Waals surface area contributed by atoms with Crippen LogP contribution in [0.1, 0.15) is 11.1 Å². The van der Waals surface area contributed by atoms with Crippen LogP contribution >= 0.6 is 0 Å². The minimum absolute atomic E-state index is 0.366. The molecule has 0 N–H and O–H groups in total. The van der Waals surface area contributed by atoms with Crippen LogP contribution in [-0.4, -0.2) is 78.1 Å². The van der Waals surface area contributed by atoms with Gasteiger partial charge in [-0.05, 0) is 85.4 Å². The molecule has 0 fully saturated rings. The van der Waals surface area contributed by atoms with Crippen molar-refractivity contribution in [3.8, 4) is 0 Å². The minimum atomic E-state index is -0.913. The molecule has 0 amide bonds. The van der Waals surface area contributed by atoms with Crippen LogP contribution in [0.4, 0.5) is 17.6 Å². The lowest BCUT2D eigenvalue weighted by molar-refractivity contribution is 0.107. The van der Waals surface area contributed by atoms with Crippen molar-refractivity contribution in [2.75, 3.05) is 54.5 Å². The van der Waals surface area contributed by atoms with Crippen molar-refractivity contribution in [1.82, 2.24) is 9.80 Å². The minimum Gasteiger partial charge on any atom is -0.426 e. The Morgan fingerprint density at radius 1 is 0.489 bits per heavy atom. The van der Waals surface area contributed by atoms with Gasteiger partial charge in [-0.15, -0.1) is 0 Å². The van der Waals surface area contributed by atoms with Gasteiger partial charge in [-0.25, -0.2) is 17.6 Å². The summed E-state index contributed by atoms with van der Waals surface area (Å²) in [5, 5.41) is 0. The second-order valence-electron chi connectivity index (χ2n) is 11.4. The monoisotopic (exact) mass is 620 g/mol. The standard InChI is InChI=1S/C34H38B2F4N2O3/c1-41(2)17-19-44-35(29-13-15-31(37)33(39)21-29)27-9-5-25(6-10-27)23-43-24-26-7-11-28(12-8-26)36(45-20-18-42(3)4)30-14-16-32(38)34(40)22-30/h5-16,21-22H,17-20,23-24H2,1-4H3. The van der Waals surface area contributed by atoms with Crippen LogP contribution in [0, 0.1) is 23.3 Å². The molecule has 4 rings (SSSR count). The lowest BCUT2D eigenvalue weighted by Crippen LogP contribution is -2.46. The molecular weight excluding hydrogens is 582 g/mol. The normalized spacial score (nSPS) is 11.4. The van der Waals surface area contributed by atoms with Crippen molar-refractivity contribution in [3.63, 3.8) is 0 Å². The lowest BCUT2D eigenvalue weighted by Gasteiger charge is -2.18. The summed E-state index contributed by atoms with van der Waals surface area (Å²) >= 11 is 0. The number of hydrogen-bond acceptors (Lipinski definition) is 5. The van der Waals surface area contributed by atoms with Gasteiger partial charge in [-0.2, -0.15) is 0 Å². The quantitative estimate of drug-likeness (QED) is 0.142. The highest BCUT2D eigenvalue weighted by Crippen LogP contribution is 2.09. The average Bonchev–Trinajstić information content (AvgIpc) is 3.01. The Balaban J connectivity index is 1.38. The van der Waals surface area contributed by atoms with E-state index in [4.69, 9.17) is 14.0 Å². The predicted molar refractivity (Wildman–Crippen MR) is 173 cm³/mol. The van der Waals surface area contributed by atoms with E-state index in [1.165, 1.54) is 24.3 Å². The second kappa shape index (κ2) is 16.7. The fourth-order valence-corrected chi connectivity index (χ4v) is 4.69. The van der Waals surface area contributed by atoms with E-state index in [0.29, 0.717) is 50.4 Å². The molecule has 0 heterocycles. The van der Waals surface area contributed by atoms with Gasteiger partial charge < -0.3 is 23.8 Å². The van der Waals surface area contributed by atoms with Crippen LogP contribution in [0.3, 0.4) is 0 Å². The molecule has 4 aromatic carbocycles. The third-order valence-corrected chi connectivity index (χ3v) is 7.24. The Kier molecular flexibility index (Phi) is 12.8. The van der Waals surface area contributed by atoms with Crippen molar-refractivity contribution in [2.24, 2.45) is 0 Å². The Labute approximate surface area is 263 Å². The molecule has 11 heteroatoms. The molecular formula is C34H38B2F4N2O3. The summed E-state index contributed by atoms with van der Waals surface area (Å²) in [4.78, 5) is 3.98. The first-order chi connectivity index (χ1) is 21.6. The van der Waals surface area contributed by atoms with E-state index < -0.39 is 37.1 Å². The summed E-state index contributed by atoms with van der Waals surface area (Å²) in [6, 6.07) is 23.0. The van der Waals surface area contributed by atoms with Gasteiger partial charge in [-0.1, -0.05) is 60.7 Å². The van der Waals surface area contributed by atoms with Gasteiger partial charge in [0, 0.05) is 26.3 Å². The molecule has 5 nitrogen and oxygen atoms in total. The van der Waals surface area contributed by atoms with Crippen LogP contribution in [0.25, 0.3) is 0 Å². The van der Waals surface area contributed by atoms with Crippen molar-refractivity contribution in [1.29, 1.82) is 0 Å². The molecule has 0 spiro atoms. The molecule has 0 saturated carbocycles. The molecule has 0 saturated heterocycles. The smallest absolute Gasteiger partial charge is 0.361 e. The van der Waals surface area contributed by atoms with Crippen LogP contribution in [0.15, 0.2) is 84.9 Å². The van der Waals surface area contributed by atoms with E-state index in [2.05, 4.69) is 0 Å². The number of hydrogen-bond donors (Lipinski definition) is 0. The highest BCUT2D eigenvalue weighted by Gasteiger charge is 2.24. The van der Waals surface area contributed by atoms with Crippen molar-refractivity contribution < 1.29 is 31.6 Å². The number of halogens is 4. The average molecular weight is 620 g/mol. The molecule has 0 aliphatic carbocycles. The van der Waals surface area contributed by atoms with E-state index in [1.54, 1.807) is 0 Å². The van der Waals surface area contributed by atoms with E-state index in [9.17, 15) is 17.6 Å². The Hall–Kier alpha value is -3.47. The third-order valence-electron chi connectivity index (χ3n) is 7.24. The second-order valence-corrected chi connectivity index (χ2v) is 11.4. The van der Waals surface area contributed by atoms with Crippen molar-refractivity contribution in [2.45, 2.75) is 13.2 Å². The first-order valence-corrected chi connectivity index (χ1v) is 14.8. The summed E-state index contributed by atoms with van der Waals surface area (Å²) in [5.41, 5.74) is 4.61. The number of rotatable bonds is 16. The maximum absolute atomic E-state index is 14.0. The summed E-state index contributed by atoms with van der Waals surface area (Å²) in [7, 11) is 7.75. The lowest BCUT2D eigenvalue weighted by atomic mass is 9.55. The Morgan fingerprint density at radius 2 is 0.844 bits per heavy atom. The summed E-state index contributed by atoms with van der Waals surface area (Å²) in [5.74, 6) is -3.62. The topological polar surface area (TPSA) is 34.2 Å². The van der Waals surface area contributed by atoms with Gasteiger partial charge in [0.2, 0.25) is 0 Å². The fourth-order valence-electron chi connectivity index (χ4n) is 4.69. The van der Waals surface area contributed by atoms with E-state index in [-0.39, 0.29) is 0 Å². The Morgan fingerprint density at radius 3 is 1.18 bits per heavy atom. The SMILES string of the molecule is CN(C)CCOB(c1ccc(COCc2ccc(B(OCCN(C)C)c3ccc(F)c(F)c3)cc2)cc1)c1ccc(F)c(F)c1. The van der Waals surface area contributed by atoms with Gasteiger partial charge in [0.15, 0.2) is 23.3 Å². The molecule has 0 bridgehead atoms. The first kappa shape index (κ1) is 34.4. The summed E-state index contributed by atoms with van der Waals surface area (Å²) in [6.07, 6.45) is 0. The molecule has 45 heavy (non-hydrogen) atoms. The number of nitrogens with zero attached hydrogens (tertiary/aromatic N) is 2. The largest absolute Gasteiger partial charge is 0.426 e. The van der Waals surface area contributed by atoms with Gasteiger partial charge >= 0.3 is 13.8 Å². The van der Waals surface area contributed by atoms with E-state index in [0.717, 1.165) is 34.2 Å². The van der Waals surface area contributed by atoms with Gasteiger partial charge in [0.05, 0.1) is 13.2 Å². The number of ether oxygens (including phenoxy) is 1. The van der Waals surface area contributed by atoms with Crippen molar-refractivity contribution in [3.05, 3.63) is 119 Å². The maximum Gasteiger partial charge on any atom is 0.361 e. The van der Waals surface area contributed by atoms with Crippen LogP contribution in [0.2, 0.25) is 0 Å². The van der Waals surface area contributed by atoms with Crippen molar-refractivity contribution >= 4 is 35.7 Å². The molecule has 0 aromatic heterocycles. The number of benzene rings is 4. The van der Waals surface area contributed by atoms with Gasteiger partial charge in [0.1, 0.15) is 0 Å². The van der Waals surface area contributed by atoms with E-state index in [1.807, 2.05) is 86.5 Å². The third kappa shape index (κ3) is 10.3. The highest BCUT2D eigenvalue weighted by atomic mass is 19.2. The molecule has 4 aromatic rings. The molecule has 0 aliphatic rings. The highest BCUT2D eigenvalue weighted by molar-refractivity contribution is 6.80. The van der Waals surface area contributed by atoms with E-state index >= 15 is 0 Å². The van der Waals surface area contributed by atoms with Crippen LogP contribution in [0.5, 0.6) is 0 Å². The number of likely N-dealkylation sites (N-methyl/N-ethyl adjacent to an activating group) is 2. The zero-order chi connectivity index (χ0) is 32.3. The zero-order valence-corrected chi connectivity index (χ0v) is 26.1. The summed E-state index contributed by atoms with van der Waals surface area (Å²) in [6.45, 7) is 1.85. The van der Waals surface area contributed by atoms with Crippen LogP contribution < -0.4 is 21.9 Å². The first-order valence-electron chi connectivity index (χ1n) is 14.8. The summed E-state index contributed by atoms with van der Waals surface area (Å²) < 4.78 is 73.3. The predicted octanol–water partition coefficient (Wildman–Crippen LogP) is 3.33. The van der Waals surface area contributed by atoms with Gasteiger partial charge in [0.25, 0.3) is 0 Å². The Bertz CT molecular complexity index is 1400. The molecule has 0 aliphatic heterocycles. The molecule has 0 unspecified atom stereocenters. The van der Waals surface area contributed by atoms with Crippen LogP contribution in [-0.2, 0) is 27.3 Å². The maximum atomic E-state index is 14.0.